The largest absolute Gasteiger partial charge is 0.448 e. The Hall–Kier alpha value is -4.03. The highest BCUT2D eigenvalue weighted by Gasteiger charge is 2.39. The monoisotopic (exact) mass is 484 g/mol. The zero-order valence-electron chi connectivity index (χ0n) is 17.1. The minimum Gasteiger partial charge on any atom is -0.448 e. The summed E-state index contributed by atoms with van der Waals surface area (Å²) in [7, 11) is 0. The van der Waals surface area contributed by atoms with E-state index >= 15 is 0 Å². The van der Waals surface area contributed by atoms with Crippen LogP contribution < -0.4 is 5.32 Å². The average Bonchev–Trinajstić information content (AvgIpc) is 3.52. The maximum absolute atomic E-state index is 13.6. The molecule has 0 aliphatic carbocycles. The van der Waals surface area contributed by atoms with Gasteiger partial charge in [-0.25, -0.2) is 0 Å². The van der Waals surface area contributed by atoms with Gasteiger partial charge in [0.2, 0.25) is 5.88 Å². The van der Waals surface area contributed by atoms with Crippen LogP contribution >= 0.6 is 0 Å². The van der Waals surface area contributed by atoms with Crippen molar-refractivity contribution in [2.24, 2.45) is 0 Å². The Morgan fingerprint density at radius 3 is 2.47 bits per heavy atom. The first-order chi connectivity index (χ1) is 15.9. The molecule has 13 heteroatoms. The number of amides is 1. The third-order valence-electron chi connectivity index (χ3n) is 5.01. The molecule has 0 aliphatic heterocycles. The predicted octanol–water partition coefficient (Wildman–Crippen LogP) is 6.03. The Kier molecular flexibility index (Phi) is 5.71. The van der Waals surface area contributed by atoms with E-state index in [-0.39, 0.29) is 23.2 Å². The van der Waals surface area contributed by atoms with Crippen LogP contribution in [0.4, 0.5) is 32.2 Å². The summed E-state index contributed by atoms with van der Waals surface area (Å²) in [6.45, 7) is 1.37. The quantitative estimate of drug-likeness (QED) is 0.350. The molecule has 0 spiro atoms. The van der Waals surface area contributed by atoms with Crippen LogP contribution in [0.15, 0.2) is 64.2 Å². The van der Waals surface area contributed by atoms with Crippen LogP contribution in [0.1, 0.15) is 40.1 Å². The summed E-state index contributed by atoms with van der Waals surface area (Å²) in [4.78, 5) is 12.2. The summed E-state index contributed by atoms with van der Waals surface area (Å²) < 4.78 is 90.6. The lowest BCUT2D eigenvalue weighted by Crippen LogP contribution is -2.17. The van der Waals surface area contributed by atoms with E-state index in [1.165, 1.54) is 48.7 Å². The Bertz CT molecular complexity index is 1300. The van der Waals surface area contributed by atoms with Crippen LogP contribution in [0.2, 0.25) is 0 Å². The van der Waals surface area contributed by atoms with Crippen molar-refractivity contribution in [3.63, 3.8) is 0 Å². The summed E-state index contributed by atoms with van der Waals surface area (Å²) in [5, 5.41) is 10.1. The molecule has 3 heterocycles. The summed E-state index contributed by atoms with van der Waals surface area (Å²) in [5.74, 6) is -0.587. The van der Waals surface area contributed by atoms with E-state index in [4.69, 9.17) is 4.42 Å². The average molecular weight is 484 g/mol. The van der Waals surface area contributed by atoms with Gasteiger partial charge in [0.05, 0.1) is 29.6 Å². The van der Waals surface area contributed by atoms with Gasteiger partial charge in [-0.3, -0.25) is 14.8 Å². The molecule has 0 aliphatic rings. The molecule has 34 heavy (non-hydrogen) atoms. The van der Waals surface area contributed by atoms with Gasteiger partial charge in [0, 0.05) is 23.4 Å². The molecule has 1 N–H and O–H groups in total. The van der Waals surface area contributed by atoms with Gasteiger partial charge in [0.15, 0.2) is 5.69 Å². The zero-order valence-corrected chi connectivity index (χ0v) is 17.1. The summed E-state index contributed by atoms with van der Waals surface area (Å²) in [6.07, 6.45) is -4.73. The van der Waals surface area contributed by atoms with Gasteiger partial charge in [-0.05, 0) is 30.7 Å². The normalized spacial score (nSPS) is 13.1. The van der Waals surface area contributed by atoms with Crippen LogP contribution in [0, 0.1) is 0 Å². The maximum Gasteiger partial charge on any atom is 0.416 e. The Labute approximate surface area is 186 Å². The molecule has 0 fully saturated rings. The first-order valence-electron chi connectivity index (χ1n) is 9.57. The van der Waals surface area contributed by atoms with Crippen molar-refractivity contribution in [3.05, 3.63) is 77.6 Å². The number of rotatable bonds is 5. The van der Waals surface area contributed by atoms with Gasteiger partial charge in [0.1, 0.15) is 6.26 Å². The number of aromatic nitrogens is 3. The van der Waals surface area contributed by atoms with Gasteiger partial charge >= 0.3 is 12.4 Å². The van der Waals surface area contributed by atoms with E-state index in [1.807, 2.05) is 0 Å². The molecular formula is C21H14F6N4O3. The fraction of sp³-hybridized carbons (Fsp3) is 0.190. The highest BCUT2D eigenvalue weighted by atomic mass is 19.4. The number of nitrogens with one attached hydrogen (secondary N) is 1. The molecule has 0 saturated carbocycles. The van der Waals surface area contributed by atoms with Crippen LogP contribution in [-0.4, -0.2) is 20.8 Å². The number of hydrogen-bond acceptors (Lipinski definition) is 5. The molecule has 7 nitrogen and oxygen atoms in total. The van der Waals surface area contributed by atoms with Crippen molar-refractivity contribution >= 4 is 11.8 Å². The standard InChI is InChI=1S/C21H14F6N4O3/c1-11(14-3-2-13(20(22,23)24)8-16(14)21(25,26)27)31-10-12(9-28-31)15-4-6-33-19(15)29-18(32)17-5-7-34-30-17/h2-11H,1H3,(H,29,32). The minimum atomic E-state index is -5.01. The molecule has 0 radical (unpaired) electrons. The number of halogens is 6. The Morgan fingerprint density at radius 2 is 1.82 bits per heavy atom. The van der Waals surface area contributed by atoms with Gasteiger partial charge in [-0.2, -0.15) is 31.4 Å². The second kappa shape index (κ2) is 8.39. The summed E-state index contributed by atoms with van der Waals surface area (Å²) in [6, 6.07) is 3.25. The first-order valence-corrected chi connectivity index (χ1v) is 9.57. The number of anilines is 1. The topological polar surface area (TPSA) is 86.1 Å². The molecule has 178 valence electrons. The minimum absolute atomic E-state index is 0.00588. The number of alkyl halides is 6. The van der Waals surface area contributed by atoms with Crippen molar-refractivity contribution in [1.82, 2.24) is 14.9 Å². The van der Waals surface area contributed by atoms with E-state index in [2.05, 4.69) is 20.1 Å². The molecule has 1 unspecified atom stereocenters. The molecule has 0 bridgehead atoms. The number of nitrogens with zero attached hydrogens (tertiary/aromatic N) is 3. The second-order valence-corrected chi connectivity index (χ2v) is 7.18. The number of benzene rings is 1. The Morgan fingerprint density at radius 1 is 1.06 bits per heavy atom. The van der Waals surface area contributed by atoms with E-state index in [0.717, 1.165) is 6.07 Å². The van der Waals surface area contributed by atoms with Crippen LogP contribution in [0.3, 0.4) is 0 Å². The highest BCUT2D eigenvalue weighted by Crippen LogP contribution is 2.40. The maximum atomic E-state index is 13.6. The lowest BCUT2D eigenvalue weighted by atomic mass is 9.98. The smallest absolute Gasteiger partial charge is 0.416 e. The van der Waals surface area contributed by atoms with Crippen LogP contribution in [0.25, 0.3) is 11.1 Å². The molecular weight excluding hydrogens is 470 g/mol. The number of furan rings is 1. The molecule has 4 aromatic rings. The van der Waals surface area contributed by atoms with Gasteiger partial charge in [-0.1, -0.05) is 11.2 Å². The lowest BCUT2D eigenvalue weighted by Gasteiger charge is -2.20. The van der Waals surface area contributed by atoms with Gasteiger partial charge in [0.25, 0.3) is 5.91 Å². The predicted molar refractivity (Wildman–Crippen MR) is 105 cm³/mol. The SMILES string of the molecule is CC(c1ccc(C(F)(F)F)cc1C(F)(F)F)n1cc(-c2ccoc2NC(=O)c2ccon2)cn1. The molecule has 4 rings (SSSR count). The van der Waals surface area contributed by atoms with Crippen LogP contribution in [-0.2, 0) is 12.4 Å². The Balaban J connectivity index is 1.64. The van der Waals surface area contributed by atoms with E-state index in [0.29, 0.717) is 17.2 Å². The van der Waals surface area contributed by atoms with Crippen molar-refractivity contribution < 1.29 is 40.1 Å². The third-order valence-corrected chi connectivity index (χ3v) is 5.01. The zero-order chi connectivity index (χ0) is 24.7. The summed E-state index contributed by atoms with van der Waals surface area (Å²) >= 11 is 0. The van der Waals surface area contributed by atoms with E-state index < -0.39 is 35.4 Å². The van der Waals surface area contributed by atoms with Crippen molar-refractivity contribution in [2.75, 3.05) is 5.32 Å². The molecule has 3 aromatic heterocycles. The van der Waals surface area contributed by atoms with Gasteiger partial charge in [-0.15, -0.1) is 0 Å². The third kappa shape index (κ3) is 4.54. The van der Waals surface area contributed by atoms with Crippen LogP contribution in [0.5, 0.6) is 0 Å². The van der Waals surface area contributed by atoms with Gasteiger partial charge < -0.3 is 8.94 Å². The van der Waals surface area contributed by atoms with Crippen molar-refractivity contribution in [3.8, 4) is 11.1 Å². The fourth-order valence-electron chi connectivity index (χ4n) is 3.30. The molecule has 0 saturated heterocycles. The van der Waals surface area contributed by atoms with Crippen molar-refractivity contribution in [1.29, 1.82) is 0 Å². The van der Waals surface area contributed by atoms with Crippen molar-refractivity contribution in [2.45, 2.75) is 25.3 Å². The highest BCUT2D eigenvalue weighted by molar-refractivity contribution is 6.03. The first kappa shape index (κ1) is 23.1. The lowest BCUT2D eigenvalue weighted by molar-refractivity contribution is -0.143. The fourth-order valence-corrected chi connectivity index (χ4v) is 3.30. The molecule has 1 aromatic carbocycles. The number of carbonyl (C=O) groups is 1. The number of hydrogen-bond donors (Lipinski definition) is 1. The van der Waals surface area contributed by atoms with E-state index in [1.54, 1.807) is 0 Å². The molecule has 1 amide bonds. The second-order valence-electron chi connectivity index (χ2n) is 7.18. The van der Waals surface area contributed by atoms with E-state index in [9.17, 15) is 31.1 Å². The summed E-state index contributed by atoms with van der Waals surface area (Å²) in [5.41, 5.74) is -2.44. The molecule has 1 atom stereocenters. The number of carbonyl (C=O) groups excluding carboxylic acids is 1.